The third kappa shape index (κ3) is 4.44. The molecule has 0 aliphatic rings. The predicted molar refractivity (Wildman–Crippen MR) is 128 cm³/mol. The van der Waals surface area contributed by atoms with E-state index in [1.165, 1.54) is 6.33 Å². The van der Waals surface area contributed by atoms with Gasteiger partial charge in [0, 0.05) is 25.9 Å². The molecule has 3 heterocycles. The van der Waals surface area contributed by atoms with Gasteiger partial charge in [-0.2, -0.15) is 4.98 Å². The normalized spacial score (nSPS) is 11.1. The fourth-order valence-electron chi connectivity index (χ4n) is 3.50. The molecule has 0 aliphatic heterocycles. The summed E-state index contributed by atoms with van der Waals surface area (Å²) in [6.07, 6.45) is 4.87. The first-order valence-corrected chi connectivity index (χ1v) is 10.7. The molecular weight excluding hydrogens is 434 g/mol. The molecule has 0 amide bonds. The minimum absolute atomic E-state index is 0.243. The van der Waals surface area contributed by atoms with Gasteiger partial charge in [-0.1, -0.05) is 0 Å². The van der Waals surface area contributed by atoms with Gasteiger partial charge in [-0.25, -0.2) is 19.9 Å². The highest BCUT2D eigenvalue weighted by Gasteiger charge is 2.11. The molecule has 1 N–H and O–H groups in total. The first-order valence-electron chi connectivity index (χ1n) is 10.7. The number of benzene rings is 2. The lowest BCUT2D eigenvalue weighted by atomic mass is 10.2. The van der Waals surface area contributed by atoms with Gasteiger partial charge in [0.1, 0.15) is 35.5 Å². The Balaban J connectivity index is 1.36. The number of nitrogens with zero attached hydrogens (tertiary/aromatic N) is 6. The summed E-state index contributed by atoms with van der Waals surface area (Å²) < 4.78 is 18.6. The molecule has 0 saturated heterocycles. The van der Waals surface area contributed by atoms with Gasteiger partial charge in [-0.15, -0.1) is 0 Å². The number of hydrogen-bond acceptors (Lipinski definition) is 9. The Morgan fingerprint density at radius 2 is 1.88 bits per heavy atom. The van der Waals surface area contributed by atoms with Crippen LogP contribution < -0.4 is 14.8 Å². The van der Waals surface area contributed by atoms with Crippen LogP contribution in [-0.4, -0.2) is 49.8 Å². The van der Waals surface area contributed by atoms with Crippen LogP contribution in [-0.2, 0) is 11.8 Å². The van der Waals surface area contributed by atoms with Crippen molar-refractivity contribution in [2.24, 2.45) is 7.05 Å². The molecule has 0 fully saturated rings. The molecule has 5 aromatic rings. The molecule has 5 rings (SSSR count). The first kappa shape index (κ1) is 21.5. The Morgan fingerprint density at radius 1 is 0.971 bits per heavy atom. The van der Waals surface area contributed by atoms with E-state index in [1.54, 1.807) is 19.6 Å². The number of nitrogens with one attached hydrogen (secondary N) is 1. The minimum Gasteiger partial charge on any atom is -0.461 e. The van der Waals surface area contributed by atoms with Crippen LogP contribution in [0.5, 0.6) is 17.5 Å². The van der Waals surface area contributed by atoms with Gasteiger partial charge in [0.15, 0.2) is 5.82 Å². The van der Waals surface area contributed by atoms with E-state index in [2.05, 4.69) is 30.2 Å². The number of fused-ring (bicyclic) bond motifs is 2. The molecule has 0 saturated carbocycles. The average molecular weight is 457 g/mol. The molecule has 0 radical (unpaired) electrons. The van der Waals surface area contributed by atoms with Crippen molar-refractivity contribution in [2.75, 3.05) is 25.6 Å². The van der Waals surface area contributed by atoms with Gasteiger partial charge in [0.2, 0.25) is 0 Å². The molecule has 34 heavy (non-hydrogen) atoms. The van der Waals surface area contributed by atoms with Crippen molar-refractivity contribution in [3.63, 3.8) is 0 Å². The first-order chi connectivity index (χ1) is 16.6. The summed E-state index contributed by atoms with van der Waals surface area (Å²) in [7, 11) is 3.58. The van der Waals surface area contributed by atoms with Crippen LogP contribution in [0.15, 0.2) is 55.2 Å². The van der Waals surface area contributed by atoms with E-state index in [0.717, 1.165) is 33.8 Å². The zero-order valence-electron chi connectivity index (χ0n) is 19.0. The van der Waals surface area contributed by atoms with Crippen LogP contribution in [0.2, 0.25) is 0 Å². The molecule has 0 unspecified atom stereocenters. The molecule has 3 aromatic heterocycles. The highest BCUT2D eigenvalue weighted by molar-refractivity contribution is 5.86. The summed E-state index contributed by atoms with van der Waals surface area (Å²) in [4.78, 5) is 21.6. The van der Waals surface area contributed by atoms with E-state index in [9.17, 15) is 0 Å². The van der Waals surface area contributed by atoms with Crippen molar-refractivity contribution >= 4 is 33.6 Å². The van der Waals surface area contributed by atoms with Crippen LogP contribution in [0.1, 0.15) is 5.56 Å². The van der Waals surface area contributed by atoms with Crippen LogP contribution in [0, 0.1) is 6.92 Å². The summed E-state index contributed by atoms with van der Waals surface area (Å²) in [5.41, 5.74) is 4.91. The molecule has 0 spiro atoms. The van der Waals surface area contributed by atoms with Gasteiger partial charge in [-0.05, 0) is 42.8 Å². The molecule has 2 aromatic carbocycles. The summed E-state index contributed by atoms with van der Waals surface area (Å²) >= 11 is 0. The maximum atomic E-state index is 6.11. The number of methoxy groups -OCH3 is 1. The lowest BCUT2D eigenvalue weighted by molar-refractivity contribution is 0.141. The largest absolute Gasteiger partial charge is 0.461 e. The Kier molecular flexibility index (Phi) is 5.88. The highest BCUT2D eigenvalue weighted by Crippen LogP contribution is 2.30. The van der Waals surface area contributed by atoms with Crippen LogP contribution in [0.4, 0.5) is 11.5 Å². The Labute approximate surface area is 195 Å². The van der Waals surface area contributed by atoms with Gasteiger partial charge >= 0.3 is 6.01 Å². The Morgan fingerprint density at radius 3 is 2.74 bits per heavy atom. The minimum atomic E-state index is 0.243. The Bertz CT molecular complexity index is 1470. The van der Waals surface area contributed by atoms with Crippen LogP contribution in [0.3, 0.4) is 0 Å². The van der Waals surface area contributed by atoms with Crippen molar-refractivity contribution in [3.8, 4) is 17.5 Å². The molecule has 10 nitrogen and oxygen atoms in total. The number of anilines is 2. The summed E-state index contributed by atoms with van der Waals surface area (Å²) in [5, 5.41) is 3.31. The van der Waals surface area contributed by atoms with Gasteiger partial charge < -0.3 is 24.1 Å². The maximum Gasteiger partial charge on any atom is 0.317 e. The molecular formula is C24H23N7O3. The fraction of sp³-hybridized carbons (Fsp3) is 0.208. The second-order valence-corrected chi connectivity index (χ2v) is 7.66. The topological polar surface area (TPSA) is 109 Å². The molecule has 0 bridgehead atoms. The number of aromatic nitrogens is 6. The summed E-state index contributed by atoms with van der Waals surface area (Å²) in [6, 6.07) is 11.9. The van der Waals surface area contributed by atoms with Crippen molar-refractivity contribution in [2.45, 2.75) is 6.92 Å². The van der Waals surface area contributed by atoms with Gasteiger partial charge in [0.25, 0.3) is 0 Å². The number of hydrogen-bond donors (Lipinski definition) is 1. The zero-order chi connectivity index (χ0) is 23.5. The summed E-state index contributed by atoms with van der Waals surface area (Å²) in [6.45, 7) is 2.79. The predicted octanol–water partition coefficient (Wildman–Crippen LogP) is 4.18. The van der Waals surface area contributed by atoms with Crippen molar-refractivity contribution in [1.82, 2.24) is 29.5 Å². The standard InChI is InChI=1S/C24H23N7O3/c1-15-10-16(4-7-21(15)34-17-5-6-20-18(11-17)28-14-31(20)2)29-23-22-19(26-13-27-23)12-25-24(30-22)33-9-8-32-3/h4-7,10-14H,8-9H2,1-3H3,(H,26,27,29). The van der Waals surface area contributed by atoms with E-state index in [-0.39, 0.29) is 6.01 Å². The fourth-order valence-corrected chi connectivity index (χ4v) is 3.50. The zero-order valence-corrected chi connectivity index (χ0v) is 19.0. The van der Waals surface area contributed by atoms with E-state index in [4.69, 9.17) is 14.2 Å². The van der Waals surface area contributed by atoms with Gasteiger partial charge in [-0.3, -0.25) is 0 Å². The van der Waals surface area contributed by atoms with Crippen molar-refractivity contribution < 1.29 is 14.2 Å². The second kappa shape index (κ2) is 9.28. The van der Waals surface area contributed by atoms with Crippen LogP contribution >= 0.6 is 0 Å². The number of ether oxygens (including phenoxy) is 3. The molecule has 10 heteroatoms. The second-order valence-electron chi connectivity index (χ2n) is 7.66. The lowest BCUT2D eigenvalue weighted by Gasteiger charge is -2.12. The third-order valence-corrected chi connectivity index (χ3v) is 5.24. The van der Waals surface area contributed by atoms with Gasteiger partial charge in [0.05, 0.1) is 30.2 Å². The maximum absolute atomic E-state index is 6.11. The highest BCUT2D eigenvalue weighted by atomic mass is 16.5. The van der Waals surface area contributed by atoms with Crippen molar-refractivity contribution in [1.29, 1.82) is 0 Å². The molecule has 172 valence electrons. The molecule has 0 atom stereocenters. The average Bonchev–Trinajstić information content (AvgIpc) is 3.21. The quantitative estimate of drug-likeness (QED) is 0.343. The number of aryl methyl sites for hydroxylation is 2. The van der Waals surface area contributed by atoms with E-state index in [0.29, 0.717) is 30.1 Å². The molecule has 0 aliphatic carbocycles. The van der Waals surface area contributed by atoms with E-state index >= 15 is 0 Å². The summed E-state index contributed by atoms with van der Waals surface area (Å²) in [5.74, 6) is 2.04. The lowest BCUT2D eigenvalue weighted by Crippen LogP contribution is -2.07. The monoisotopic (exact) mass is 457 g/mol. The SMILES string of the molecule is COCCOc1ncc2ncnc(Nc3ccc(Oc4ccc5c(c4)ncn5C)c(C)c3)c2n1. The van der Waals surface area contributed by atoms with Crippen LogP contribution in [0.25, 0.3) is 22.1 Å². The van der Waals surface area contributed by atoms with E-state index in [1.807, 2.05) is 54.9 Å². The van der Waals surface area contributed by atoms with Crippen molar-refractivity contribution in [3.05, 3.63) is 60.8 Å². The Hall–Kier alpha value is -4.31. The number of imidazole rings is 1. The third-order valence-electron chi connectivity index (χ3n) is 5.24. The smallest absolute Gasteiger partial charge is 0.317 e. The van der Waals surface area contributed by atoms with E-state index < -0.39 is 0 Å². The number of rotatable bonds is 8.